The number of hydrazine groups is 1. The van der Waals surface area contributed by atoms with Gasteiger partial charge in [-0.25, -0.2) is 23.1 Å². The van der Waals surface area contributed by atoms with Gasteiger partial charge in [0.15, 0.2) is 0 Å². The molecular formula is C22H28F3N5O3. The fourth-order valence-electron chi connectivity index (χ4n) is 4.94. The normalized spacial score (nSPS) is 27.2. The molecule has 3 heterocycles. The molecule has 2 atom stereocenters. The highest BCUT2D eigenvalue weighted by Gasteiger charge is 2.44. The van der Waals surface area contributed by atoms with E-state index < -0.39 is 41.9 Å². The standard InChI is InChI=1S/C22H28F3N5O3/c23-18-11-15(17-2-4-20(32)30(14-31)21(17)33)1-3-19(18)28-9-7-27(8-10-28)12-16-5-6-29(26)13-22(16,24)25/h1,3,11,14,16-17H,2,4-10,12-13,26H2. The van der Waals surface area contributed by atoms with Crippen molar-refractivity contribution in [1.29, 1.82) is 0 Å². The summed E-state index contributed by atoms with van der Waals surface area (Å²) in [5.41, 5.74) is 0.805. The molecule has 33 heavy (non-hydrogen) atoms. The van der Waals surface area contributed by atoms with E-state index >= 15 is 0 Å². The van der Waals surface area contributed by atoms with E-state index in [0.29, 0.717) is 55.3 Å². The zero-order valence-corrected chi connectivity index (χ0v) is 18.3. The first kappa shape index (κ1) is 23.7. The summed E-state index contributed by atoms with van der Waals surface area (Å²) in [5.74, 6) is -0.461. The van der Waals surface area contributed by atoms with E-state index in [2.05, 4.69) is 0 Å². The minimum atomic E-state index is -2.83. The SMILES string of the molecule is NN1CCC(CN2CCN(c3ccc(C4CCC(=O)N(C=O)C4=O)cc3F)CC2)C(F)(F)C1. The Morgan fingerprint density at radius 3 is 2.45 bits per heavy atom. The molecule has 0 saturated carbocycles. The molecule has 8 nitrogen and oxygen atoms in total. The van der Waals surface area contributed by atoms with Crippen molar-refractivity contribution in [2.45, 2.75) is 31.1 Å². The molecule has 3 aliphatic heterocycles. The topological polar surface area (TPSA) is 90.2 Å². The number of halogens is 3. The van der Waals surface area contributed by atoms with Gasteiger partial charge in [-0.2, -0.15) is 0 Å². The maximum atomic E-state index is 14.9. The summed E-state index contributed by atoms with van der Waals surface area (Å²) in [7, 11) is 0. The van der Waals surface area contributed by atoms with Crippen molar-refractivity contribution in [3.63, 3.8) is 0 Å². The number of hydrogen-bond donors (Lipinski definition) is 1. The van der Waals surface area contributed by atoms with Crippen LogP contribution < -0.4 is 10.7 Å². The van der Waals surface area contributed by atoms with Crippen molar-refractivity contribution >= 4 is 23.9 Å². The molecule has 0 aromatic heterocycles. The number of rotatable bonds is 5. The lowest BCUT2D eigenvalue weighted by atomic mass is 9.89. The van der Waals surface area contributed by atoms with Crippen LogP contribution in [-0.2, 0) is 14.4 Å². The molecule has 0 bridgehead atoms. The van der Waals surface area contributed by atoms with Crippen LogP contribution in [0.3, 0.4) is 0 Å². The van der Waals surface area contributed by atoms with Crippen molar-refractivity contribution < 1.29 is 27.6 Å². The number of carbonyl (C=O) groups excluding carboxylic acids is 3. The minimum Gasteiger partial charge on any atom is -0.367 e. The third kappa shape index (κ3) is 4.90. The fraction of sp³-hybridized carbons (Fsp3) is 0.591. The number of alkyl halides is 2. The number of carbonyl (C=O) groups is 3. The van der Waals surface area contributed by atoms with Gasteiger partial charge < -0.3 is 4.90 Å². The quantitative estimate of drug-likeness (QED) is 0.395. The average Bonchev–Trinajstić information content (AvgIpc) is 2.76. The zero-order valence-electron chi connectivity index (χ0n) is 18.3. The van der Waals surface area contributed by atoms with Crippen LogP contribution in [0.5, 0.6) is 0 Å². The number of piperidine rings is 2. The van der Waals surface area contributed by atoms with Gasteiger partial charge in [0, 0.05) is 51.6 Å². The molecule has 11 heteroatoms. The number of likely N-dealkylation sites (tertiary alicyclic amines) is 1. The van der Waals surface area contributed by atoms with E-state index in [4.69, 9.17) is 5.84 Å². The number of amides is 3. The summed E-state index contributed by atoms with van der Waals surface area (Å²) in [4.78, 5) is 39.5. The Morgan fingerprint density at radius 2 is 1.82 bits per heavy atom. The summed E-state index contributed by atoms with van der Waals surface area (Å²) in [6.07, 6.45) is 0.820. The van der Waals surface area contributed by atoms with E-state index in [1.807, 2.05) is 9.80 Å². The molecule has 180 valence electrons. The number of piperazine rings is 1. The summed E-state index contributed by atoms with van der Waals surface area (Å²) < 4.78 is 43.5. The summed E-state index contributed by atoms with van der Waals surface area (Å²) in [5, 5.41) is 1.16. The van der Waals surface area contributed by atoms with Gasteiger partial charge in [-0.3, -0.25) is 25.1 Å². The van der Waals surface area contributed by atoms with Crippen molar-refractivity contribution in [3.8, 4) is 0 Å². The van der Waals surface area contributed by atoms with E-state index in [-0.39, 0.29) is 25.8 Å². The first-order chi connectivity index (χ1) is 15.7. The molecule has 2 N–H and O–H groups in total. The molecule has 3 fully saturated rings. The maximum Gasteiger partial charge on any atom is 0.265 e. The van der Waals surface area contributed by atoms with Gasteiger partial charge in [0.05, 0.1) is 18.2 Å². The zero-order chi connectivity index (χ0) is 23.8. The third-order valence-electron chi connectivity index (χ3n) is 6.90. The predicted molar refractivity (Wildman–Crippen MR) is 114 cm³/mol. The van der Waals surface area contributed by atoms with Crippen LogP contribution in [-0.4, -0.2) is 84.8 Å². The predicted octanol–water partition coefficient (Wildman–Crippen LogP) is 1.17. The second-order valence-electron chi connectivity index (χ2n) is 9.01. The molecule has 3 saturated heterocycles. The van der Waals surface area contributed by atoms with Crippen molar-refractivity contribution in [1.82, 2.24) is 14.8 Å². The lowest BCUT2D eigenvalue weighted by Gasteiger charge is -2.41. The Balaban J connectivity index is 1.37. The lowest BCUT2D eigenvalue weighted by molar-refractivity contribution is -0.152. The largest absolute Gasteiger partial charge is 0.367 e. The molecule has 1 aromatic rings. The molecule has 4 rings (SSSR count). The highest BCUT2D eigenvalue weighted by molar-refractivity contribution is 6.08. The van der Waals surface area contributed by atoms with Crippen molar-refractivity contribution in [3.05, 3.63) is 29.6 Å². The van der Waals surface area contributed by atoms with Crippen LogP contribution in [0.15, 0.2) is 18.2 Å². The Bertz CT molecular complexity index is 923. The monoisotopic (exact) mass is 467 g/mol. The molecule has 0 radical (unpaired) electrons. The highest BCUT2D eigenvalue weighted by Crippen LogP contribution is 2.34. The third-order valence-corrected chi connectivity index (χ3v) is 6.90. The van der Waals surface area contributed by atoms with E-state index in [1.165, 1.54) is 6.07 Å². The number of nitrogens with zero attached hydrogens (tertiary/aromatic N) is 4. The van der Waals surface area contributed by atoms with Crippen molar-refractivity contribution in [2.24, 2.45) is 11.8 Å². The van der Waals surface area contributed by atoms with Gasteiger partial charge in [-0.15, -0.1) is 0 Å². The second kappa shape index (κ2) is 9.40. The Labute approximate surface area is 190 Å². The Kier molecular flexibility index (Phi) is 6.73. The molecular weight excluding hydrogens is 439 g/mol. The first-order valence-corrected chi connectivity index (χ1v) is 11.1. The van der Waals surface area contributed by atoms with Gasteiger partial charge in [-0.1, -0.05) is 6.07 Å². The average molecular weight is 467 g/mol. The Hall–Kier alpha value is -2.50. The fourth-order valence-corrected chi connectivity index (χ4v) is 4.94. The number of anilines is 1. The number of imide groups is 3. The van der Waals surface area contributed by atoms with Crippen LogP contribution in [0.25, 0.3) is 0 Å². The van der Waals surface area contributed by atoms with Crippen molar-refractivity contribution in [2.75, 3.05) is 50.7 Å². The summed E-state index contributed by atoms with van der Waals surface area (Å²) in [6.45, 7) is 2.36. The van der Waals surface area contributed by atoms with Crippen LogP contribution in [0.1, 0.15) is 30.7 Å². The van der Waals surface area contributed by atoms with E-state index in [1.54, 1.807) is 12.1 Å². The van der Waals surface area contributed by atoms with E-state index in [9.17, 15) is 27.6 Å². The van der Waals surface area contributed by atoms with Gasteiger partial charge in [0.2, 0.25) is 18.2 Å². The number of hydrogen-bond acceptors (Lipinski definition) is 7. The van der Waals surface area contributed by atoms with Gasteiger partial charge in [-0.05, 0) is 30.5 Å². The van der Waals surface area contributed by atoms with Gasteiger partial charge in [0.25, 0.3) is 5.92 Å². The number of nitrogens with two attached hydrogens (primary N) is 1. The molecule has 0 aliphatic carbocycles. The molecule has 1 aromatic carbocycles. The van der Waals surface area contributed by atoms with Crippen LogP contribution in [0.2, 0.25) is 0 Å². The molecule has 3 aliphatic rings. The van der Waals surface area contributed by atoms with Crippen LogP contribution >= 0.6 is 0 Å². The maximum absolute atomic E-state index is 14.9. The summed E-state index contributed by atoms with van der Waals surface area (Å²) in [6, 6.07) is 4.53. The van der Waals surface area contributed by atoms with Gasteiger partial charge in [0.1, 0.15) is 5.82 Å². The molecule has 0 spiro atoms. The second-order valence-corrected chi connectivity index (χ2v) is 9.01. The summed E-state index contributed by atoms with van der Waals surface area (Å²) >= 11 is 0. The molecule has 2 unspecified atom stereocenters. The first-order valence-electron chi connectivity index (χ1n) is 11.1. The molecule has 3 amide bonds. The highest BCUT2D eigenvalue weighted by atomic mass is 19.3. The number of benzene rings is 1. The minimum absolute atomic E-state index is 0.0455. The lowest BCUT2D eigenvalue weighted by Crippen LogP contribution is -2.56. The van der Waals surface area contributed by atoms with E-state index in [0.717, 1.165) is 5.01 Å². The van der Waals surface area contributed by atoms with Crippen LogP contribution in [0.4, 0.5) is 18.9 Å². The van der Waals surface area contributed by atoms with Crippen LogP contribution in [0, 0.1) is 11.7 Å². The van der Waals surface area contributed by atoms with Gasteiger partial charge >= 0.3 is 0 Å². The Morgan fingerprint density at radius 1 is 1.09 bits per heavy atom. The smallest absolute Gasteiger partial charge is 0.265 e.